The Labute approximate surface area is 110 Å². The predicted octanol–water partition coefficient (Wildman–Crippen LogP) is 3.98. The first-order valence-corrected chi connectivity index (χ1v) is 6.58. The molecule has 0 aliphatic carbocycles. The molecule has 0 unspecified atom stereocenters. The van der Waals surface area contributed by atoms with Gasteiger partial charge in [-0.25, -0.2) is 0 Å². The number of thiazole rings is 1. The Morgan fingerprint density at radius 2 is 2.31 bits per heavy atom. The van der Waals surface area contributed by atoms with Gasteiger partial charge in [0.15, 0.2) is 5.78 Å². The highest BCUT2D eigenvalue weighted by Gasteiger charge is 2.13. The van der Waals surface area contributed by atoms with Crippen LogP contribution in [0.4, 0.5) is 0 Å². The van der Waals surface area contributed by atoms with Crippen molar-refractivity contribution in [3.05, 3.63) is 49.8 Å². The summed E-state index contributed by atoms with van der Waals surface area (Å²) in [5.74, 6) is 0.00977. The van der Waals surface area contributed by atoms with Crippen LogP contribution in [-0.4, -0.2) is 10.8 Å². The fourth-order valence-electron chi connectivity index (χ4n) is 1.30. The first kappa shape index (κ1) is 11.8. The summed E-state index contributed by atoms with van der Waals surface area (Å²) in [6.45, 7) is 0. The maximum atomic E-state index is 12.0. The SMILES string of the molecule is O=C(Cc1cncs1)c1cccc(Br)c1Cl. The first-order valence-electron chi connectivity index (χ1n) is 4.53. The Kier molecular flexibility index (Phi) is 3.74. The standard InChI is InChI=1S/C11H7BrClNOS/c12-9-3-1-2-8(11(9)13)10(15)4-7-5-14-6-16-7/h1-3,5-6H,4H2. The molecular formula is C11H7BrClNOS. The van der Waals surface area contributed by atoms with Crippen LogP contribution in [-0.2, 0) is 6.42 Å². The molecule has 16 heavy (non-hydrogen) atoms. The highest BCUT2D eigenvalue weighted by molar-refractivity contribution is 9.10. The van der Waals surface area contributed by atoms with Crippen molar-refractivity contribution in [2.45, 2.75) is 6.42 Å². The van der Waals surface area contributed by atoms with Gasteiger partial charge in [-0.3, -0.25) is 9.78 Å². The highest BCUT2D eigenvalue weighted by atomic mass is 79.9. The largest absolute Gasteiger partial charge is 0.294 e. The molecule has 82 valence electrons. The summed E-state index contributed by atoms with van der Waals surface area (Å²) in [7, 11) is 0. The number of ketones is 1. The fourth-order valence-corrected chi connectivity index (χ4v) is 2.49. The first-order chi connectivity index (χ1) is 7.68. The summed E-state index contributed by atoms with van der Waals surface area (Å²) < 4.78 is 0.740. The zero-order chi connectivity index (χ0) is 11.5. The highest BCUT2D eigenvalue weighted by Crippen LogP contribution is 2.27. The van der Waals surface area contributed by atoms with Gasteiger partial charge >= 0.3 is 0 Å². The van der Waals surface area contributed by atoms with Crippen molar-refractivity contribution < 1.29 is 4.79 Å². The van der Waals surface area contributed by atoms with Gasteiger partial charge in [0, 0.05) is 27.5 Å². The van der Waals surface area contributed by atoms with E-state index in [1.54, 1.807) is 23.8 Å². The van der Waals surface area contributed by atoms with Gasteiger partial charge in [-0.2, -0.15) is 0 Å². The Hall–Kier alpha value is -0.710. The van der Waals surface area contributed by atoms with Crippen LogP contribution in [0.1, 0.15) is 15.2 Å². The monoisotopic (exact) mass is 315 g/mol. The van der Waals surface area contributed by atoms with E-state index in [1.165, 1.54) is 11.3 Å². The molecule has 5 heteroatoms. The molecule has 2 nitrogen and oxygen atoms in total. The zero-order valence-electron chi connectivity index (χ0n) is 8.11. The average Bonchev–Trinajstić information content (AvgIpc) is 2.74. The third-order valence-corrected chi connectivity index (χ3v) is 4.15. The van der Waals surface area contributed by atoms with E-state index in [4.69, 9.17) is 11.6 Å². The molecular weight excluding hydrogens is 310 g/mol. The van der Waals surface area contributed by atoms with Crippen molar-refractivity contribution in [1.82, 2.24) is 4.98 Å². The van der Waals surface area contributed by atoms with E-state index in [0.717, 1.165) is 9.35 Å². The van der Waals surface area contributed by atoms with E-state index in [-0.39, 0.29) is 5.78 Å². The van der Waals surface area contributed by atoms with E-state index >= 15 is 0 Å². The van der Waals surface area contributed by atoms with Gasteiger partial charge in [0.25, 0.3) is 0 Å². The molecule has 2 aromatic rings. The van der Waals surface area contributed by atoms with Crippen molar-refractivity contribution in [1.29, 1.82) is 0 Å². The maximum absolute atomic E-state index is 12.0. The quantitative estimate of drug-likeness (QED) is 0.802. The minimum atomic E-state index is 0.00977. The van der Waals surface area contributed by atoms with Crippen LogP contribution in [0.2, 0.25) is 5.02 Å². The number of hydrogen-bond acceptors (Lipinski definition) is 3. The fraction of sp³-hybridized carbons (Fsp3) is 0.0909. The Bertz CT molecular complexity index is 513. The maximum Gasteiger partial charge on any atom is 0.169 e. The lowest BCUT2D eigenvalue weighted by Crippen LogP contribution is -2.03. The number of carbonyl (C=O) groups excluding carboxylic acids is 1. The molecule has 0 atom stereocenters. The predicted molar refractivity (Wildman–Crippen MR) is 69.3 cm³/mol. The molecule has 1 aromatic carbocycles. The lowest BCUT2D eigenvalue weighted by Gasteiger charge is -2.03. The van der Waals surface area contributed by atoms with E-state index < -0.39 is 0 Å². The summed E-state index contributed by atoms with van der Waals surface area (Å²) >= 11 is 10.8. The lowest BCUT2D eigenvalue weighted by molar-refractivity contribution is 0.0994. The number of halogens is 2. The smallest absolute Gasteiger partial charge is 0.169 e. The molecule has 0 N–H and O–H groups in total. The summed E-state index contributed by atoms with van der Waals surface area (Å²) in [5.41, 5.74) is 2.26. The van der Waals surface area contributed by atoms with Crippen LogP contribution < -0.4 is 0 Å². The van der Waals surface area contributed by atoms with Gasteiger partial charge in [-0.1, -0.05) is 17.7 Å². The molecule has 2 rings (SSSR count). The number of hydrogen-bond donors (Lipinski definition) is 0. The van der Waals surface area contributed by atoms with E-state index in [1.807, 2.05) is 6.07 Å². The number of Topliss-reactive ketones (excluding diaryl/α,β-unsaturated/α-hetero) is 1. The minimum Gasteiger partial charge on any atom is -0.294 e. The van der Waals surface area contributed by atoms with Crippen molar-refractivity contribution >= 4 is 44.7 Å². The van der Waals surface area contributed by atoms with Crippen molar-refractivity contribution in [2.75, 3.05) is 0 Å². The molecule has 0 aliphatic heterocycles. The topological polar surface area (TPSA) is 30.0 Å². The molecule has 1 heterocycles. The van der Waals surface area contributed by atoms with Gasteiger partial charge in [0.2, 0.25) is 0 Å². The summed E-state index contributed by atoms with van der Waals surface area (Å²) in [4.78, 5) is 16.8. The van der Waals surface area contributed by atoms with Crippen LogP contribution in [0.5, 0.6) is 0 Å². The van der Waals surface area contributed by atoms with Crippen molar-refractivity contribution in [3.63, 3.8) is 0 Å². The third-order valence-electron chi connectivity index (χ3n) is 2.07. The molecule has 0 spiro atoms. The van der Waals surface area contributed by atoms with Gasteiger partial charge in [0.05, 0.1) is 10.5 Å². The third kappa shape index (κ3) is 2.51. The number of rotatable bonds is 3. The molecule has 0 amide bonds. The lowest BCUT2D eigenvalue weighted by atomic mass is 10.1. The second-order valence-electron chi connectivity index (χ2n) is 3.17. The van der Waals surface area contributed by atoms with Gasteiger partial charge < -0.3 is 0 Å². The molecule has 0 radical (unpaired) electrons. The molecule has 0 fully saturated rings. The van der Waals surface area contributed by atoms with Crippen molar-refractivity contribution in [3.8, 4) is 0 Å². The van der Waals surface area contributed by atoms with Crippen LogP contribution in [0.3, 0.4) is 0 Å². The normalized spacial score (nSPS) is 10.4. The van der Waals surface area contributed by atoms with Crippen LogP contribution in [0, 0.1) is 0 Å². The summed E-state index contributed by atoms with van der Waals surface area (Å²) in [6, 6.07) is 5.35. The number of benzene rings is 1. The van der Waals surface area contributed by atoms with Gasteiger partial charge in [-0.15, -0.1) is 11.3 Å². The van der Waals surface area contributed by atoms with Crippen LogP contribution >= 0.6 is 38.9 Å². The van der Waals surface area contributed by atoms with E-state index in [9.17, 15) is 4.79 Å². The number of aromatic nitrogens is 1. The van der Waals surface area contributed by atoms with Gasteiger partial charge in [-0.05, 0) is 28.1 Å². The molecule has 0 saturated heterocycles. The average molecular weight is 317 g/mol. The molecule has 0 saturated carbocycles. The van der Waals surface area contributed by atoms with Crippen LogP contribution in [0.25, 0.3) is 0 Å². The second-order valence-corrected chi connectivity index (χ2v) is 5.37. The van der Waals surface area contributed by atoms with E-state index in [0.29, 0.717) is 17.0 Å². The minimum absolute atomic E-state index is 0.00977. The van der Waals surface area contributed by atoms with Gasteiger partial charge in [0.1, 0.15) is 0 Å². The van der Waals surface area contributed by atoms with Crippen LogP contribution in [0.15, 0.2) is 34.4 Å². The molecule has 0 bridgehead atoms. The zero-order valence-corrected chi connectivity index (χ0v) is 11.3. The Balaban J connectivity index is 2.24. The molecule has 1 aromatic heterocycles. The molecule has 0 aliphatic rings. The van der Waals surface area contributed by atoms with Crippen molar-refractivity contribution in [2.24, 2.45) is 0 Å². The number of carbonyl (C=O) groups is 1. The summed E-state index contributed by atoms with van der Waals surface area (Å²) in [5, 5.41) is 0.469. The summed E-state index contributed by atoms with van der Waals surface area (Å²) in [6.07, 6.45) is 2.05. The second kappa shape index (κ2) is 5.08. The number of nitrogens with zero attached hydrogens (tertiary/aromatic N) is 1. The Morgan fingerprint density at radius 1 is 1.50 bits per heavy atom. The Morgan fingerprint density at radius 3 is 3.00 bits per heavy atom. The van der Waals surface area contributed by atoms with E-state index in [2.05, 4.69) is 20.9 Å².